The van der Waals surface area contributed by atoms with Gasteiger partial charge >= 0.3 is 0 Å². The minimum atomic E-state index is 0.0104. The van der Waals surface area contributed by atoms with Crippen molar-refractivity contribution >= 4 is 11.6 Å². The van der Waals surface area contributed by atoms with Crippen LogP contribution < -0.4 is 5.73 Å². The summed E-state index contributed by atoms with van der Waals surface area (Å²) in [7, 11) is 1.83. The van der Waals surface area contributed by atoms with Gasteiger partial charge in [-0.3, -0.25) is 9.78 Å². The van der Waals surface area contributed by atoms with Crippen molar-refractivity contribution in [3.05, 3.63) is 48.2 Å². The number of carbonyl (C=O) groups is 1. The number of anilines is 1. The van der Waals surface area contributed by atoms with Crippen molar-refractivity contribution in [3.63, 3.8) is 0 Å². The van der Waals surface area contributed by atoms with Gasteiger partial charge in [-0.15, -0.1) is 0 Å². The molecule has 1 saturated heterocycles. The summed E-state index contributed by atoms with van der Waals surface area (Å²) >= 11 is 0. The molecule has 0 aliphatic carbocycles. The molecule has 2 heterocycles. The number of ether oxygens (including phenoxy) is 1. The predicted octanol–water partition coefficient (Wildman–Crippen LogP) is 2.97. The first kappa shape index (κ1) is 16.5. The lowest BCUT2D eigenvalue weighted by Crippen LogP contribution is -2.37. The summed E-state index contributed by atoms with van der Waals surface area (Å²) in [5.74, 6) is 0.0104. The Morgan fingerprint density at radius 1 is 1.29 bits per heavy atom. The molecule has 0 saturated carbocycles. The van der Waals surface area contributed by atoms with Crippen LogP contribution in [0, 0.1) is 0 Å². The fourth-order valence-corrected chi connectivity index (χ4v) is 2.95. The summed E-state index contributed by atoms with van der Waals surface area (Å²) in [6.45, 7) is 1.44. The highest BCUT2D eigenvalue weighted by Gasteiger charge is 2.19. The summed E-state index contributed by atoms with van der Waals surface area (Å²) in [5.41, 5.74) is 8.88. The molecule has 1 aliphatic rings. The average Bonchev–Trinajstić information content (AvgIpc) is 2.62. The maximum absolute atomic E-state index is 12.6. The number of carbonyl (C=O) groups excluding carboxylic acids is 1. The van der Waals surface area contributed by atoms with Gasteiger partial charge in [0.05, 0.1) is 11.8 Å². The van der Waals surface area contributed by atoms with Crippen molar-refractivity contribution < 1.29 is 9.53 Å². The highest BCUT2D eigenvalue weighted by atomic mass is 16.5. The van der Waals surface area contributed by atoms with Crippen molar-refractivity contribution in [2.75, 3.05) is 25.9 Å². The molecular weight excluding hydrogens is 302 g/mol. The lowest BCUT2D eigenvalue weighted by atomic mass is 10.1. The van der Waals surface area contributed by atoms with Crippen molar-refractivity contribution in [2.24, 2.45) is 0 Å². The van der Waals surface area contributed by atoms with Crippen LogP contribution >= 0.6 is 0 Å². The maximum Gasteiger partial charge on any atom is 0.253 e. The minimum Gasteiger partial charge on any atom is -0.399 e. The van der Waals surface area contributed by atoms with Crippen LogP contribution in [0.25, 0.3) is 11.3 Å². The van der Waals surface area contributed by atoms with E-state index in [9.17, 15) is 4.79 Å². The van der Waals surface area contributed by atoms with E-state index in [2.05, 4.69) is 4.98 Å². The molecule has 2 aromatic rings. The lowest BCUT2D eigenvalue weighted by Gasteiger charge is -2.27. The van der Waals surface area contributed by atoms with Gasteiger partial charge in [-0.2, -0.15) is 0 Å². The summed E-state index contributed by atoms with van der Waals surface area (Å²) in [4.78, 5) is 18.6. The normalized spacial score (nSPS) is 17.5. The van der Waals surface area contributed by atoms with Crippen LogP contribution in [0.4, 0.5) is 5.69 Å². The van der Waals surface area contributed by atoms with Gasteiger partial charge in [0, 0.05) is 43.2 Å². The van der Waals surface area contributed by atoms with Gasteiger partial charge in [0.1, 0.15) is 0 Å². The molecule has 0 radical (unpaired) electrons. The Kier molecular flexibility index (Phi) is 5.11. The summed E-state index contributed by atoms with van der Waals surface area (Å²) in [6.07, 6.45) is 5.16. The molecule has 1 fully saturated rings. The van der Waals surface area contributed by atoms with E-state index in [0.717, 1.165) is 30.7 Å². The van der Waals surface area contributed by atoms with E-state index in [1.807, 2.05) is 37.4 Å². The Hall–Kier alpha value is -2.40. The molecule has 24 heavy (non-hydrogen) atoms. The number of nitrogens with zero attached hydrogens (tertiary/aromatic N) is 2. The number of hydrogen-bond donors (Lipinski definition) is 1. The number of amides is 1. The molecule has 126 valence electrons. The molecule has 1 unspecified atom stereocenters. The van der Waals surface area contributed by atoms with Gasteiger partial charge in [0.2, 0.25) is 0 Å². The van der Waals surface area contributed by atoms with Crippen LogP contribution in [0.1, 0.15) is 29.6 Å². The zero-order valence-corrected chi connectivity index (χ0v) is 13.9. The number of aromatic nitrogens is 1. The number of nitrogens with two attached hydrogens (primary N) is 1. The molecule has 0 bridgehead atoms. The first-order valence-electron chi connectivity index (χ1n) is 8.32. The van der Waals surface area contributed by atoms with Crippen LogP contribution in [0.3, 0.4) is 0 Å². The second-order valence-electron chi connectivity index (χ2n) is 6.23. The first-order chi connectivity index (χ1) is 11.6. The van der Waals surface area contributed by atoms with Crippen LogP contribution in [-0.2, 0) is 4.74 Å². The number of nitrogen functional groups attached to an aromatic ring is 1. The van der Waals surface area contributed by atoms with E-state index in [-0.39, 0.29) is 12.0 Å². The van der Waals surface area contributed by atoms with Gasteiger partial charge in [-0.05, 0) is 43.5 Å². The SMILES string of the molecule is CN(CC1CCCCO1)C(=O)c1ccc(-c2cc(N)ccn2)cc1. The highest BCUT2D eigenvalue weighted by molar-refractivity contribution is 5.94. The van der Waals surface area contributed by atoms with Crippen molar-refractivity contribution in [1.82, 2.24) is 9.88 Å². The lowest BCUT2D eigenvalue weighted by molar-refractivity contribution is -0.000186. The second-order valence-corrected chi connectivity index (χ2v) is 6.23. The Morgan fingerprint density at radius 3 is 2.75 bits per heavy atom. The number of benzene rings is 1. The first-order valence-corrected chi connectivity index (χ1v) is 8.32. The van der Waals surface area contributed by atoms with Gasteiger partial charge < -0.3 is 15.4 Å². The predicted molar refractivity (Wildman–Crippen MR) is 94.6 cm³/mol. The molecule has 1 aromatic carbocycles. The molecule has 1 atom stereocenters. The molecule has 0 spiro atoms. The molecule has 1 aromatic heterocycles. The molecule has 5 nitrogen and oxygen atoms in total. The summed E-state index contributed by atoms with van der Waals surface area (Å²) < 4.78 is 5.71. The number of pyridine rings is 1. The summed E-state index contributed by atoms with van der Waals surface area (Å²) in [5, 5.41) is 0. The quantitative estimate of drug-likeness (QED) is 0.938. The van der Waals surface area contributed by atoms with Crippen molar-refractivity contribution in [1.29, 1.82) is 0 Å². The maximum atomic E-state index is 12.6. The zero-order chi connectivity index (χ0) is 16.9. The van der Waals surface area contributed by atoms with Crippen LogP contribution in [0.15, 0.2) is 42.6 Å². The molecular formula is C19H23N3O2. The van der Waals surface area contributed by atoms with Crippen molar-refractivity contribution in [2.45, 2.75) is 25.4 Å². The number of hydrogen-bond acceptors (Lipinski definition) is 4. The van der Waals surface area contributed by atoms with Gasteiger partial charge in [0.15, 0.2) is 0 Å². The van der Waals surface area contributed by atoms with Crippen LogP contribution in [-0.4, -0.2) is 42.1 Å². The standard InChI is InChI=1S/C19H23N3O2/c1-22(13-17-4-2-3-11-24-17)19(23)15-7-5-14(6-8-15)18-12-16(20)9-10-21-18/h5-10,12,17H,2-4,11,13H2,1H3,(H2,20,21). The Bertz CT molecular complexity index is 694. The fourth-order valence-electron chi connectivity index (χ4n) is 2.95. The Morgan fingerprint density at radius 2 is 2.08 bits per heavy atom. The zero-order valence-electron chi connectivity index (χ0n) is 13.9. The Labute approximate surface area is 142 Å². The highest BCUT2D eigenvalue weighted by Crippen LogP contribution is 2.20. The van der Waals surface area contributed by atoms with Gasteiger partial charge in [0.25, 0.3) is 5.91 Å². The van der Waals surface area contributed by atoms with Crippen LogP contribution in [0.2, 0.25) is 0 Å². The van der Waals surface area contributed by atoms with E-state index in [1.54, 1.807) is 17.2 Å². The third-order valence-electron chi connectivity index (χ3n) is 4.31. The monoisotopic (exact) mass is 325 g/mol. The Balaban J connectivity index is 1.67. The number of likely N-dealkylation sites (N-methyl/N-ethyl adjacent to an activating group) is 1. The molecule has 1 aliphatic heterocycles. The third kappa shape index (κ3) is 3.92. The summed E-state index contributed by atoms with van der Waals surface area (Å²) in [6, 6.07) is 11.1. The van der Waals surface area contributed by atoms with E-state index in [4.69, 9.17) is 10.5 Å². The minimum absolute atomic E-state index is 0.0104. The topological polar surface area (TPSA) is 68.5 Å². The molecule has 2 N–H and O–H groups in total. The van der Waals surface area contributed by atoms with E-state index in [1.165, 1.54) is 6.42 Å². The van der Waals surface area contributed by atoms with E-state index < -0.39 is 0 Å². The largest absolute Gasteiger partial charge is 0.399 e. The molecule has 5 heteroatoms. The molecule has 3 rings (SSSR count). The number of rotatable bonds is 4. The van der Waals surface area contributed by atoms with Gasteiger partial charge in [-0.25, -0.2) is 0 Å². The van der Waals surface area contributed by atoms with E-state index >= 15 is 0 Å². The average molecular weight is 325 g/mol. The third-order valence-corrected chi connectivity index (χ3v) is 4.31. The molecule has 1 amide bonds. The van der Waals surface area contributed by atoms with E-state index in [0.29, 0.717) is 17.8 Å². The van der Waals surface area contributed by atoms with Gasteiger partial charge in [-0.1, -0.05) is 12.1 Å². The second kappa shape index (κ2) is 7.45. The van der Waals surface area contributed by atoms with Crippen LogP contribution in [0.5, 0.6) is 0 Å². The fraction of sp³-hybridized carbons (Fsp3) is 0.368. The van der Waals surface area contributed by atoms with Crippen molar-refractivity contribution in [3.8, 4) is 11.3 Å². The smallest absolute Gasteiger partial charge is 0.253 e.